The third kappa shape index (κ3) is 4.25. The minimum atomic E-state index is -0.369. The zero-order valence-electron chi connectivity index (χ0n) is 11.4. The lowest BCUT2D eigenvalue weighted by atomic mass is 9.97. The fourth-order valence-electron chi connectivity index (χ4n) is 2.25. The molecule has 0 spiro atoms. The van der Waals surface area contributed by atoms with Gasteiger partial charge < -0.3 is 15.4 Å². The van der Waals surface area contributed by atoms with Crippen LogP contribution in [0, 0.1) is 5.92 Å². The van der Waals surface area contributed by atoms with E-state index >= 15 is 0 Å². The van der Waals surface area contributed by atoms with Crippen LogP contribution in [0.2, 0.25) is 10.0 Å². The maximum atomic E-state index is 12.1. The maximum absolute atomic E-state index is 12.1. The lowest BCUT2D eigenvalue weighted by Gasteiger charge is -2.31. The molecular formula is C14H16Cl2N2O3. The Morgan fingerprint density at radius 2 is 2.14 bits per heavy atom. The molecule has 114 valence electrons. The predicted octanol–water partition coefficient (Wildman–Crippen LogP) is 2.10. The van der Waals surface area contributed by atoms with Crippen LogP contribution in [-0.2, 0) is 9.59 Å². The van der Waals surface area contributed by atoms with E-state index in [4.69, 9.17) is 33.7 Å². The molecule has 0 aromatic heterocycles. The molecule has 7 heteroatoms. The normalized spacial score (nSPS) is 18.4. The fourth-order valence-corrected chi connectivity index (χ4v) is 2.59. The highest BCUT2D eigenvalue weighted by atomic mass is 35.5. The zero-order chi connectivity index (χ0) is 15.4. The second kappa shape index (κ2) is 7.00. The van der Waals surface area contributed by atoms with Gasteiger partial charge in [0, 0.05) is 24.2 Å². The third-order valence-electron chi connectivity index (χ3n) is 3.42. The van der Waals surface area contributed by atoms with Crippen molar-refractivity contribution in [2.24, 2.45) is 11.7 Å². The monoisotopic (exact) mass is 330 g/mol. The minimum Gasteiger partial charge on any atom is -0.482 e. The van der Waals surface area contributed by atoms with Crippen LogP contribution in [-0.4, -0.2) is 36.4 Å². The molecule has 0 radical (unpaired) electrons. The van der Waals surface area contributed by atoms with E-state index in [1.165, 1.54) is 0 Å². The topological polar surface area (TPSA) is 72.6 Å². The highest BCUT2D eigenvalue weighted by Gasteiger charge is 2.27. The average molecular weight is 331 g/mol. The third-order valence-corrected chi connectivity index (χ3v) is 3.97. The first-order valence-electron chi connectivity index (χ1n) is 6.62. The van der Waals surface area contributed by atoms with Crippen LogP contribution in [0.25, 0.3) is 0 Å². The molecule has 1 aromatic rings. The molecule has 0 aliphatic carbocycles. The van der Waals surface area contributed by atoms with Crippen molar-refractivity contribution >= 4 is 35.0 Å². The SMILES string of the molecule is NC(=O)C1CCCN(C(=O)COc2cc(Cl)ccc2Cl)C1. The summed E-state index contributed by atoms with van der Waals surface area (Å²) in [6.07, 6.45) is 1.48. The van der Waals surface area contributed by atoms with Crippen molar-refractivity contribution in [3.63, 3.8) is 0 Å². The van der Waals surface area contributed by atoms with E-state index in [1.54, 1.807) is 23.1 Å². The van der Waals surface area contributed by atoms with Gasteiger partial charge in [-0.15, -0.1) is 0 Å². The van der Waals surface area contributed by atoms with E-state index in [9.17, 15) is 9.59 Å². The summed E-state index contributed by atoms with van der Waals surface area (Å²) in [6.45, 7) is 0.807. The van der Waals surface area contributed by atoms with Crippen LogP contribution in [0.5, 0.6) is 5.75 Å². The Kier molecular flexibility index (Phi) is 5.31. The van der Waals surface area contributed by atoms with Crippen molar-refractivity contribution in [2.45, 2.75) is 12.8 Å². The molecule has 1 aliphatic heterocycles. The molecule has 0 saturated carbocycles. The number of carbonyl (C=O) groups excluding carboxylic acids is 2. The van der Waals surface area contributed by atoms with Gasteiger partial charge in [0.15, 0.2) is 6.61 Å². The number of amides is 2. The molecule has 2 amide bonds. The van der Waals surface area contributed by atoms with Gasteiger partial charge in [-0.25, -0.2) is 0 Å². The average Bonchev–Trinajstić information content (AvgIpc) is 2.48. The summed E-state index contributed by atoms with van der Waals surface area (Å²) in [5, 5.41) is 0.870. The maximum Gasteiger partial charge on any atom is 0.260 e. The number of halogens is 2. The van der Waals surface area contributed by atoms with Crippen LogP contribution < -0.4 is 10.5 Å². The van der Waals surface area contributed by atoms with Crippen molar-refractivity contribution in [1.82, 2.24) is 4.90 Å². The van der Waals surface area contributed by atoms with E-state index in [-0.39, 0.29) is 24.3 Å². The van der Waals surface area contributed by atoms with Gasteiger partial charge in [0.2, 0.25) is 5.91 Å². The Balaban J connectivity index is 1.92. The second-order valence-electron chi connectivity index (χ2n) is 4.94. The van der Waals surface area contributed by atoms with Gasteiger partial charge in [-0.2, -0.15) is 0 Å². The molecule has 2 rings (SSSR count). The molecule has 1 fully saturated rings. The molecule has 2 N–H and O–H groups in total. The number of primary amides is 1. The fraction of sp³-hybridized carbons (Fsp3) is 0.429. The summed E-state index contributed by atoms with van der Waals surface area (Å²) < 4.78 is 5.40. The number of likely N-dealkylation sites (tertiary alicyclic amines) is 1. The van der Waals surface area contributed by atoms with Gasteiger partial charge in [0.05, 0.1) is 10.9 Å². The van der Waals surface area contributed by atoms with Crippen molar-refractivity contribution in [2.75, 3.05) is 19.7 Å². The minimum absolute atomic E-state index is 0.147. The number of rotatable bonds is 4. The van der Waals surface area contributed by atoms with Gasteiger partial charge >= 0.3 is 0 Å². The molecule has 1 atom stereocenters. The molecule has 21 heavy (non-hydrogen) atoms. The summed E-state index contributed by atoms with van der Waals surface area (Å²) in [5.41, 5.74) is 5.29. The highest BCUT2D eigenvalue weighted by molar-refractivity contribution is 6.34. The number of nitrogens with zero attached hydrogens (tertiary/aromatic N) is 1. The molecule has 0 bridgehead atoms. The van der Waals surface area contributed by atoms with Crippen LogP contribution in [0.15, 0.2) is 18.2 Å². The molecule has 1 heterocycles. The predicted molar refractivity (Wildman–Crippen MR) is 80.5 cm³/mol. The van der Waals surface area contributed by atoms with Gasteiger partial charge in [-0.3, -0.25) is 9.59 Å². The number of nitrogens with two attached hydrogens (primary N) is 1. The first-order chi connectivity index (χ1) is 9.97. The van der Waals surface area contributed by atoms with Gasteiger partial charge in [-0.1, -0.05) is 23.2 Å². The number of carbonyl (C=O) groups is 2. The van der Waals surface area contributed by atoms with E-state index in [2.05, 4.69) is 0 Å². The van der Waals surface area contributed by atoms with E-state index in [1.807, 2.05) is 0 Å². The van der Waals surface area contributed by atoms with Crippen LogP contribution >= 0.6 is 23.2 Å². The second-order valence-corrected chi connectivity index (χ2v) is 5.79. The number of hydrogen-bond donors (Lipinski definition) is 1. The lowest BCUT2D eigenvalue weighted by Crippen LogP contribution is -2.45. The Morgan fingerprint density at radius 1 is 1.38 bits per heavy atom. The first kappa shape index (κ1) is 15.9. The Hall–Kier alpha value is -1.46. The summed E-state index contributed by atoms with van der Waals surface area (Å²) in [5.74, 6) is -0.485. The smallest absolute Gasteiger partial charge is 0.260 e. The molecule has 5 nitrogen and oxygen atoms in total. The molecule has 1 aromatic carbocycles. The van der Waals surface area contributed by atoms with Crippen LogP contribution in [0.4, 0.5) is 0 Å². The molecule has 1 aliphatic rings. The largest absolute Gasteiger partial charge is 0.482 e. The van der Waals surface area contributed by atoms with Crippen molar-refractivity contribution in [3.8, 4) is 5.75 Å². The van der Waals surface area contributed by atoms with Crippen molar-refractivity contribution in [3.05, 3.63) is 28.2 Å². The highest BCUT2D eigenvalue weighted by Crippen LogP contribution is 2.27. The van der Waals surface area contributed by atoms with E-state index in [0.717, 1.165) is 12.8 Å². The summed E-state index contributed by atoms with van der Waals surface area (Å²) in [4.78, 5) is 24.9. The number of piperidine rings is 1. The Labute approximate surface area is 132 Å². The number of benzene rings is 1. The van der Waals surface area contributed by atoms with Crippen LogP contribution in [0.3, 0.4) is 0 Å². The van der Waals surface area contributed by atoms with E-state index < -0.39 is 0 Å². The van der Waals surface area contributed by atoms with E-state index in [0.29, 0.717) is 28.9 Å². The van der Waals surface area contributed by atoms with Gasteiger partial charge in [0.25, 0.3) is 5.91 Å². The molecule has 1 unspecified atom stereocenters. The Bertz CT molecular complexity index is 551. The van der Waals surface area contributed by atoms with Crippen LogP contribution in [0.1, 0.15) is 12.8 Å². The zero-order valence-corrected chi connectivity index (χ0v) is 12.9. The summed E-state index contributed by atoms with van der Waals surface area (Å²) in [7, 11) is 0. The molecule has 1 saturated heterocycles. The summed E-state index contributed by atoms with van der Waals surface area (Å²) in [6, 6.07) is 4.80. The number of hydrogen-bond acceptors (Lipinski definition) is 3. The molecular weight excluding hydrogens is 315 g/mol. The summed E-state index contributed by atoms with van der Waals surface area (Å²) >= 11 is 11.8. The van der Waals surface area contributed by atoms with Gasteiger partial charge in [-0.05, 0) is 25.0 Å². The number of ether oxygens (including phenoxy) is 1. The standard InChI is InChI=1S/C14H16Cl2N2O3/c15-10-3-4-11(16)12(6-10)21-8-13(19)18-5-1-2-9(7-18)14(17)20/h3-4,6,9H,1-2,5,7-8H2,(H2,17,20). The van der Waals surface area contributed by atoms with Crippen molar-refractivity contribution in [1.29, 1.82) is 0 Å². The Morgan fingerprint density at radius 3 is 2.86 bits per heavy atom. The van der Waals surface area contributed by atoms with Crippen molar-refractivity contribution < 1.29 is 14.3 Å². The van der Waals surface area contributed by atoms with Gasteiger partial charge in [0.1, 0.15) is 5.75 Å². The lowest BCUT2D eigenvalue weighted by molar-refractivity contribution is -0.136. The quantitative estimate of drug-likeness (QED) is 0.918. The first-order valence-corrected chi connectivity index (χ1v) is 7.38.